The molecule has 0 aliphatic heterocycles. The van der Waals surface area contributed by atoms with E-state index < -0.39 is 5.91 Å². The zero-order valence-electron chi connectivity index (χ0n) is 10.5. The van der Waals surface area contributed by atoms with E-state index in [1.807, 2.05) is 0 Å². The Morgan fingerprint density at radius 2 is 2.19 bits per heavy atom. The van der Waals surface area contributed by atoms with Crippen LogP contribution in [0.2, 0.25) is 10.0 Å². The summed E-state index contributed by atoms with van der Waals surface area (Å²) in [5.41, 5.74) is 2.30. The van der Waals surface area contributed by atoms with Gasteiger partial charge in [-0.1, -0.05) is 23.2 Å². The van der Waals surface area contributed by atoms with Gasteiger partial charge in [0.25, 0.3) is 5.91 Å². The minimum Gasteiger partial charge on any atom is -0.482 e. The van der Waals surface area contributed by atoms with Crippen molar-refractivity contribution < 1.29 is 13.9 Å². The molecule has 1 heterocycles. The Hall–Kier alpha value is -1.50. The minimum atomic E-state index is -0.437. The number of rotatable bonds is 5. The van der Waals surface area contributed by atoms with Crippen molar-refractivity contribution >= 4 is 51.3 Å². The van der Waals surface area contributed by atoms with Crippen LogP contribution in [0.3, 0.4) is 0 Å². The maximum absolute atomic E-state index is 11.5. The number of carbonyl (C=O) groups is 1. The fourth-order valence-electron chi connectivity index (χ4n) is 1.33. The molecule has 2 aromatic rings. The van der Waals surface area contributed by atoms with Crippen molar-refractivity contribution in [3.05, 3.63) is 50.8 Å². The van der Waals surface area contributed by atoms with Crippen LogP contribution in [-0.4, -0.2) is 18.7 Å². The van der Waals surface area contributed by atoms with E-state index in [1.165, 1.54) is 12.3 Å². The number of halogens is 3. The third-order valence-corrected chi connectivity index (χ3v) is 3.20. The molecule has 1 aromatic carbocycles. The third kappa shape index (κ3) is 5.08. The van der Waals surface area contributed by atoms with Crippen LogP contribution in [0.15, 0.2) is 44.5 Å². The van der Waals surface area contributed by atoms with E-state index in [0.29, 0.717) is 26.2 Å². The van der Waals surface area contributed by atoms with Crippen molar-refractivity contribution in [3.8, 4) is 5.75 Å². The maximum atomic E-state index is 11.5. The molecule has 0 unspecified atom stereocenters. The average Bonchev–Trinajstić information content (AvgIpc) is 2.85. The molecular formula is C13H9BrCl2N2O3. The monoisotopic (exact) mass is 390 g/mol. The van der Waals surface area contributed by atoms with E-state index >= 15 is 0 Å². The van der Waals surface area contributed by atoms with Crippen molar-refractivity contribution in [2.75, 3.05) is 6.61 Å². The first-order valence-electron chi connectivity index (χ1n) is 5.69. The Morgan fingerprint density at radius 3 is 2.90 bits per heavy atom. The molecule has 0 aliphatic carbocycles. The van der Waals surface area contributed by atoms with Crippen LogP contribution in [0, 0.1) is 0 Å². The fourth-order valence-corrected chi connectivity index (χ4v) is 1.98. The van der Waals surface area contributed by atoms with Crippen LogP contribution in [0.25, 0.3) is 0 Å². The number of furan rings is 1. The smallest absolute Gasteiger partial charge is 0.277 e. The van der Waals surface area contributed by atoms with Crippen LogP contribution in [0.1, 0.15) is 5.76 Å². The van der Waals surface area contributed by atoms with Gasteiger partial charge in [-0.25, -0.2) is 5.43 Å². The second-order valence-corrected chi connectivity index (χ2v) is 5.42. The predicted octanol–water partition coefficient (Wildman–Crippen LogP) is 3.88. The minimum absolute atomic E-state index is 0.237. The number of hydrazone groups is 1. The zero-order valence-corrected chi connectivity index (χ0v) is 13.6. The molecule has 1 amide bonds. The van der Waals surface area contributed by atoms with Gasteiger partial charge in [0.05, 0.1) is 11.2 Å². The first kappa shape index (κ1) is 15.9. The Balaban J connectivity index is 1.82. The second kappa shape index (κ2) is 7.49. The van der Waals surface area contributed by atoms with Crippen LogP contribution in [-0.2, 0) is 4.79 Å². The highest BCUT2D eigenvalue weighted by Crippen LogP contribution is 2.27. The molecule has 0 bridgehead atoms. The number of hydrogen-bond donors (Lipinski definition) is 1. The van der Waals surface area contributed by atoms with Gasteiger partial charge in [0.2, 0.25) is 0 Å². The lowest BCUT2D eigenvalue weighted by atomic mass is 10.3. The molecule has 5 nitrogen and oxygen atoms in total. The van der Waals surface area contributed by atoms with Gasteiger partial charge in [-0.2, -0.15) is 5.10 Å². The number of carbonyl (C=O) groups excluding carboxylic acids is 1. The summed E-state index contributed by atoms with van der Waals surface area (Å²) in [7, 11) is 0. The summed E-state index contributed by atoms with van der Waals surface area (Å²) in [5.74, 6) is 0.396. The van der Waals surface area contributed by atoms with Crippen LogP contribution < -0.4 is 10.2 Å². The maximum Gasteiger partial charge on any atom is 0.277 e. The largest absolute Gasteiger partial charge is 0.482 e. The molecule has 110 valence electrons. The summed E-state index contributed by atoms with van der Waals surface area (Å²) in [6, 6.07) is 8.16. The van der Waals surface area contributed by atoms with Crippen molar-refractivity contribution in [1.82, 2.24) is 5.43 Å². The Morgan fingerprint density at radius 1 is 1.38 bits per heavy atom. The zero-order chi connectivity index (χ0) is 15.2. The van der Waals surface area contributed by atoms with Crippen LogP contribution in [0.4, 0.5) is 0 Å². The van der Waals surface area contributed by atoms with Gasteiger partial charge in [-0.15, -0.1) is 0 Å². The Labute approximate surface area is 139 Å². The number of benzene rings is 1. The Bertz CT molecular complexity index is 673. The molecule has 0 saturated carbocycles. The van der Waals surface area contributed by atoms with E-state index in [0.717, 1.165) is 0 Å². The van der Waals surface area contributed by atoms with Gasteiger partial charge in [0.1, 0.15) is 11.5 Å². The SMILES string of the molecule is O=C(COc1cc(Cl)ccc1Cl)N/N=C/c1ccc(Br)o1. The summed E-state index contributed by atoms with van der Waals surface area (Å²) in [6.45, 7) is -0.237. The molecule has 2 rings (SSSR count). The molecular weight excluding hydrogens is 383 g/mol. The molecule has 21 heavy (non-hydrogen) atoms. The summed E-state index contributed by atoms with van der Waals surface area (Å²) in [6.07, 6.45) is 1.37. The first-order chi connectivity index (χ1) is 10.0. The summed E-state index contributed by atoms with van der Waals surface area (Å²) < 4.78 is 11.0. The summed E-state index contributed by atoms with van der Waals surface area (Å²) in [4.78, 5) is 11.5. The third-order valence-electron chi connectivity index (χ3n) is 2.23. The van der Waals surface area contributed by atoms with Crippen molar-refractivity contribution in [3.63, 3.8) is 0 Å². The van der Waals surface area contributed by atoms with Gasteiger partial charge < -0.3 is 9.15 Å². The number of nitrogens with zero attached hydrogens (tertiary/aromatic N) is 1. The molecule has 0 aliphatic rings. The van der Waals surface area contributed by atoms with Gasteiger partial charge in [0, 0.05) is 11.1 Å². The van der Waals surface area contributed by atoms with Gasteiger partial charge in [0.15, 0.2) is 11.3 Å². The molecule has 8 heteroatoms. The lowest BCUT2D eigenvalue weighted by Crippen LogP contribution is -2.24. The number of ether oxygens (including phenoxy) is 1. The standard InChI is InChI=1S/C13H9BrCl2N2O3/c14-12-4-2-9(21-12)6-17-18-13(19)7-20-11-5-8(15)1-3-10(11)16/h1-6H,7H2,(H,18,19)/b17-6+. The first-order valence-corrected chi connectivity index (χ1v) is 7.24. The predicted molar refractivity (Wildman–Crippen MR) is 84.1 cm³/mol. The number of hydrogen-bond acceptors (Lipinski definition) is 4. The summed E-state index contributed by atoms with van der Waals surface area (Å²) >= 11 is 14.9. The normalized spacial score (nSPS) is 10.8. The lowest BCUT2D eigenvalue weighted by Gasteiger charge is -2.07. The van der Waals surface area contributed by atoms with E-state index in [1.54, 1.807) is 24.3 Å². The topological polar surface area (TPSA) is 63.8 Å². The molecule has 1 aromatic heterocycles. The highest BCUT2D eigenvalue weighted by molar-refractivity contribution is 9.10. The highest BCUT2D eigenvalue weighted by Gasteiger charge is 2.06. The molecule has 0 radical (unpaired) electrons. The summed E-state index contributed by atoms with van der Waals surface area (Å²) in [5, 5.41) is 4.57. The van der Waals surface area contributed by atoms with E-state index in [-0.39, 0.29) is 6.61 Å². The molecule has 0 saturated heterocycles. The van der Waals surface area contributed by atoms with Gasteiger partial charge >= 0.3 is 0 Å². The van der Waals surface area contributed by atoms with Crippen LogP contribution in [0.5, 0.6) is 5.75 Å². The van der Waals surface area contributed by atoms with Crippen molar-refractivity contribution in [1.29, 1.82) is 0 Å². The highest BCUT2D eigenvalue weighted by atomic mass is 79.9. The van der Waals surface area contributed by atoms with Crippen LogP contribution >= 0.6 is 39.1 Å². The molecule has 0 fully saturated rings. The van der Waals surface area contributed by atoms with Gasteiger partial charge in [-0.3, -0.25) is 4.79 Å². The quantitative estimate of drug-likeness (QED) is 0.621. The van der Waals surface area contributed by atoms with Crippen molar-refractivity contribution in [2.45, 2.75) is 0 Å². The Kier molecular flexibility index (Phi) is 5.67. The lowest BCUT2D eigenvalue weighted by molar-refractivity contribution is -0.123. The van der Waals surface area contributed by atoms with E-state index in [9.17, 15) is 4.79 Å². The molecule has 0 atom stereocenters. The number of amides is 1. The molecule has 1 N–H and O–H groups in total. The number of nitrogens with one attached hydrogen (secondary N) is 1. The second-order valence-electron chi connectivity index (χ2n) is 3.80. The fraction of sp³-hybridized carbons (Fsp3) is 0.0769. The average molecular weight is 392 g/mol. The van der Waals surface area contributed by atoms with Crippen molar-refractivity contribution in [2.24, 2.45) is 5.10 Å². The van der Waals surface area contributed by atoms with Gasteiger partial charge in [-0.05, 0) is 40.2 Å². The van der Waals surface area contributed by atoms with E-state index in [2.05, 4.69) is 26.5 Å². The molecule has 0 spiro atoms. The van der Waals surface area contributed by atoms with E-state index in [4.69, 9.17) is 32.4 Å².